The number of methoxy groups -OCH3 is 1. The van der Waals surface area contributed by atoms with E-state index < -0.39 is 0 Å². The summed E-state index contributed by atoms with van der Waals surface area (Å²) < 4.78 is 7.02. The summed E-state index contributed by atoms with van der Waals surface area (Å²) in [7, 11) is 1.53. The molecule has 0 spiro atoms. The van der Waals surface area contributed by atoms with Gasteiger partial charge in [0, 0.05) is 32.2 Å². The lowest BCUT2D eigenvalue weighted by atomic mass is 9.99. The molecule has 3 aromatic rings. The second-order valence-electron chi connectivity index (χ2n) is 6.96. The van der Waals surface area contributed by atoms with Crippen molar-refractivity contribution in [1.82, 2.24) is 25.0 Å². The number of rotatable bonds is 6. The molecule has 2 amide bonds. The molecule has 0 unspecified atom stereocenters. The second kappa shape index (κ2) is 7.93. The lowest BCUT2D eigenvalue weighted by Crippen LogP contribution is -2.52. The van der Waals surface area contributed by atoms with Gasteiger partial charge in [0.25, 0.3) is 0 Å². The number of aromatic nitrogens is 5. The highest BCUT2D eigenvalue weighted by Gasteiger charge is 2.35. The van der Waals surface area contributed by atoms with Gasteiger partial charge in [-0.15, -0.1) is 5.10 Å². The summed E-state index contributed by atoms with van der Waals surface area (Å²) >= 11 is 0. The van der Waals surface area contributed by atoms with Crippen LogP contribution in [0.4, 0.5) is 17.2 Å². The van der Waals surface area contributed by atoms with E-state index in [9.17, 15) is 9.59 Å². The van der Waals surface area contributed by atoms with E-state index in [1.165, 1.54) is 20.4 Å². The third-order valence-corrected chi connectivity index (χ3v) is 4.91. The Bertz CT molecular complexity index is 1110. The molecule has 0 atom stereocenters. The molecule has 1 aliphatic rings. The Labute approximate surface area is 172 Å². The quantitative estimate of drug-likeness (QED) is 0.622. The Morgan fingerprint density at radius 1 is 1.23 bits per heavy atom. The lowest BCUT2D eigenvalue weighted by Gasteiger charge is -2.38. The average molecular weight is 410 g/mol. The Balaban J connectivity index is 1.45. The number of ether oxygens (including phenoxy) is 1. The Hall–Kier alpha value is -3.76. The molecule has 0 aliphatic carbocycles. The van der Waals surface area contributed by atoms with Gasteiger partial charge in [-0.3, -0.25) is 9.59 Å². The van der Waals surface area contributed by atoms with Crippen LogP contribution in [0.5, 0.6) is 5.75 Å². The van der Waals surface area contributed by atoms with Crippen LogP contribution in [0.15, 0.2) is 24.5 Å². The van der Waals surface area contributed by atoms with E-state index in [0.717, 1.165) is 0 Å². The van der Waals surface area contributed by atoms with Gasteiger partial charge in [-0.05, 0) is 25.1 Å². The first-order valence-corrected chi connectivity index (χ1v) is 9.55. The number of nitrogens with one attached hydrogen (secondary N) is 2. The molecule has 4 rings (SSSR count). The van der Waals surface area contributed by atoms with Gasteiger partial charge < -0.3 is 20.3 Å². The first kappa shape index (κ1) is 19.6. The van der Waals surface area contributed by atoms with Crippen molar-refractivity contribution in [3.05, 3.63) is 24.5 Å². The highest BCUT2D eigenvalue weighted by Crippen LogP contribution is 2.31. The zero-order valence-corrected chi connectivity index (χ0v) is 16.9. The normalized spacial score (nSPS) is 13.8. The predicted molar refractivity (Wildman–Crippen MR) is 110 cm³/mol. The molecule has 30 heavy (non-hydrogen) atoms. The fourth-order valence-corrected chi connectivity index (χ4v) is 3.36. The molecule has 156 valence electrons. The Morgan fingerprint density at radius 2 is 2.03 bits per heavy atom. The number of fused-ring (bicyclic) bond motifs is 1. The molecule has 0 bridgehead atoms. The van der Waals surface area contributed by atoms with Crippen LogP contribution in [0.1, 0.15) is 13.8 Å². The molecule has 11 heteroatoms. The first-order valence-electron chi connectivity index (χ1n) is 9.55. The number of hydrogen-bond donors (Lipinski definition) is 2. The molecule has 1 saturated heterocycles. The lowest BCUT2D eigenvalue weighted by molar-refractivity contribution is -0.120. The maximum atomic E-state index is 12.7. The van der Waals surface area contributed by atoms with E-state index >= 15 is 0 Å². The fraction of sp³-hybridized carbons (Fsp3) is 0.368. The molecule has 1 aliphatic heterocycles. The van der Waals surface area contributed by atoms with Crippen LogP contribution < -0.4 is 20.3 Å². The maximum Gasteiger partial charge on any atom is 0.231 e. The largest absolute Gasteiger partial charge is 0.495 e. The van der Waals surface area contributed by atoms with Crippen molar-refractivity contribution >= 4 is 40.2 Å². The second-order valence-corrected chi connectivity index (χ2v) is 6.96. The third-order valence-electron chi connectivity index (χ3n) is 4.91. The van der Waals surface area contributed by atoms with Gasteiger partial charge in [0.1, 0.15) is 12.1 Å². The van der Waals surface area contributed by atoms with Crippen molar-refractivity contribution in [2.75, 3.05) is 35.7 Å². The van der Waals surface area contributed by atoms with Crippen molar-refractivity contribution in [2.45, 2.75) is 20.4 Å². The minimum absolute atomic E-state index is 0.132. The predicted octanol–water partition coefficient (Wildman–Crippen LogP) is 1.28. The number of anilines is 3. The molecule has 0 radical (unpaired) electrons. The van der Waals surface area contributed by atoms with Crippen molar-refractivity contribution in [3.8, 4) is 5.75 Å². The number of amides is 2. The van der Waals surface area contributed by atoms with Gasteiger partial charge >= 0.3 is 0 Å². The summed E-state index contributed by atoms with van der Waals surface area (Å²) in [5, 5.41) is 13.9. The number of hydrogen-bond acceptors (Lipinski definition) is 8. The van der Waals surface area contributed by atoms with Crippen LogP contribution in [-0.4, -0.2) is 57.0 Å². The zero-order valence-electron chi connectivity index (χ0n) is 16.9. The third kappa shape index (κ3) is 3.61. The molecule has 1 fully saturated rings. The summed E-state index contributed by atoms with van der Waals surface area (Å²) in [6, 6.07) is 5.08. The van der Waals surface area contributed by atoms with Crippen LogP contribution >= 0.6 is 0 Å². The van der Waals surface area contributed by atoms with Gasteiger partial charge in [0.05, 0.1) is 18.7 Å². The monoisotopic (exact) mass is 410 g/mol. The molecule has 2 N–H and O–H groups in total. The van der Waals surface area contributed by atoms with E-state index in [-0.39, 0.29) is 17.7 Å². The summed E-state index contributed by atoms with van der Waals surface area (Å²) in [4.78, 5) is 34.6. The van der Waals surface area contributed by atoms with Crippen LogP contribution in [0.3, 0.4) is 0 Å². The van der Waals surface area contributed by atoms with Crippen LogP contribution in [0, 0.1) is 5.92 Å². The average Bonchev–Trinajstić information content (AvgIpc) is 3.10. The van der Waals surface area contributed by atoms with Gasteiger partial charge in [-0.25, -0.2) is 14.6 Å². The van der Waals surface area contributed by atoms with Gasteiger partial charge in [0.15, 0.2) is 17.0 Å². The summed E-state index contributed by atoms with van der Waals surface area (Å²) in [5.74, 6) is 0.650. The van der Waals surface area contributed by atoms with E-state index in [1.54, 1.807) is 22.9 Å². The van der Waals surface area contributed by atoms with Crippen LogP contribution in [-0.2, 0) is 16.1 Å². The highest BCUT2D eigenvalue weighted by molar-refractivity contribution is 5.97. The molecular formula is C19H22N8O3. The molecule has 0 saturated carbocycles. The maximum absolute atomic E-state index is 12.7. The summed E-state index contributed by atoms with van der Waals surface area (Å²) in [6.45, 7) is 5.07. The zero-order chi connectivity index (χ0) is 21.3. The Morgan fingerprint density at radius 3 is 2.73 bits per heavy atom. The topological polar surface area (TPSA) is 127 Å². The summed E-state index contributed by atoms with van der Waals surface area (Å²) in [6.07, 6.45) is 1.49. The van der Waals surface area contributed by atoms with Crippen molar-refractivity contribution < 1.29 is 14.3 Å². The molecule has 3 heterocycles. The smallest absolute Gasteiger partial charge is 0.231 e. The van der Waals surface area contributed by atoms with Crippen molar-refractivity contribution in [2.24, 2.45) is 5.92 Å². The Kier molecular flexibility index (Phi) is 5.17. The molecular weight excluding hydrogens is 388 g/mol. The van der Waals surface area contributed by atoms with Gasteiger partial charge in [-0.2, -0.15) is 0 Å². The molecule has 2 aromatic heterocycles. The van der Waals surface area contributed by atoms with E-state index in [1.807, 2.05) is 11.8 Å². The fourth-order valence-electron chi connectivity index (χ4n) is 3.36. The number of aryl methyl sites for hydroxylation is 1. The van der Waals surface area contributed by atoms with Gasteiger partial charge in [0.2, 0.25) is 11.8 Å². The van der Waals surface area contributed by atoms with Crippen molar-refractivity contribution in [3.63, 3.8) is 0 Å². The number of benzene rings is 1. The minimum Gasteiger partial charge on any atom is -0.495 e. The van der Waals surface area contributed by atoms with Crippen molar-refractivity contribution in [1.29, 1.82) is 0 Å². The standard InChI is InChI=1S/C19H22N8O3/c1-4-27-18-16(24-25-27)17(20-10-21-18)26-8-12(9-26)19(29)23-14-7-13(22-11(2)28)5-6-15(14)30-3/h5-7,10,12H,4,8-9H2,1-3H3,(H,22,28)(H,23,29). The van der Waals surface area contributed by atoms with Crippen LogP contribution in [0.2, 0.25) is 0 Å². The highest BCUT2D eigenvalue weighted by atomic mass is 16.5. The van der Waals surface area contributed by atoms with E-state index in [0.29, 0.717) is 53.7 Å². The van der Waals surface area contributed by atoms with E-state index in [4.69, 9.17) is 4.74 Å². The molecule has 11 nitrogen and oxygen atoms in total. The SMILES string of the molecule is CCn1nnc2c(N3CC(C(=O)Nc4cc(NC(C)=O)ccc4OC)C3)ncnc21. The van der Waals surface area contributed by atoms with Gasteiger partial charge in [-0.1, -0.05) is 5.21 Å². The summed E-state index contributed by atoms with van der Waals surface area (Å²) in [5.41, 5.74) is 2.39. The van der Waals surface area contributed by atoms with Crippen LogP contribution in [0.25, 0.3) is 11.2 Å². The minimum atomic E-state index is -0.217. The number of nitrogens with zero attached hydrogens (tertiary/aromatic N) is 6. The molecule has 1 aromatic carbocycles. The number of carbonyl (C=O) groups excluding carboxylic acids is 2. The first-order chi connectivity index (χ1) is 14.5. The van der Waals surface area contributed by atoms with E-state index in [2.05, 4.69) is 30.9 Å². The number of carbonyl (C=O) groups is 2.